The topological polar surface area (TPSA) is 59.3 Å². The Morgan fingerprint density at radius 1 is 1.20 bits per heavy atom. The molecule has 0 amide bonds. The van der Waals surface area contributed by atoms with Crippen molar-refractivity contribution in [2.75, 3.05) is 11.9 Å². The fourth-order valence-electron chi connectivity index (χ4n) is 3.38. The van der Waals surface area contributed by atoms with E-state index in [0.717, 1.165) is 28.2 Å². The number of rotatable bonds is 3. The van der Waals surface area contributed by atoms with Crippen molar-refractivity contribution >= 4 is 5.69 Å². The molecule has 1 aliphatic heterocycles. The van der Waals surface area contributed by atoms with Crippen LogP contribution in [-0.4, -0.2) is 21.5 Å². The number of aryl methyl sites for hydroxylation is 2. The molecule has 0 spiro atoms. The van der Waals surface area contributed by atoms with E-state index in [1.807, 2.05) is 30.7 Å². The number of hydrogen-bond acceptors (Lipinski definition) is 4. The summed E-state index contributed by atoms with van der Waals surface area (Å²) in [6, 6.07) is 13.8. The van der Waals surface area contributed by atoms with E-state index in [1.165, 1.54) is 5.56 Å². The van der Waals surface area contributed by atoms with Gasteiger partial charge >= 0.3 is 0 Å². The summed E-state index contributed by atoms with van der Waals surface area (Å²) >= 11 is 0. The van der Waals surface area contributed by atoms with Crippen molar-refractivity contribution in [2.24, 2.45) is 0 Å². The summed E-state index contributed by atoms with van der Waals surface area (Å²) in [5, 5.41) is 18.3. The zero-order valence-corrected chi connectivity index (χ0v) is 14.6. The molecule has 1 aliphatic rings. The molecule has 2 N–H and O–H groups in total. The molecule has 4 rings (SSSR count). The molecule has 0 unspecified atom stereocenters. The monoisotopic (exact) mass is 335 g/mol. The van der Waals surface area contributed by atoms with Gasteiger partial charge in [-0.1, -0.05) is 24.3 Å². The van der Waals surface area contributed by atoms with Gasteiger partial charge in [-0.25, -0.2) is 4.68 Å². The van der Waals surface area contributed by atoms with Crippen molar-refractivity contribution in [2.45, 2.75) is 26.9 Å². The van der Waals surface area contributed by atoms with E-state index in [9.17, 15) is 5.11 Å². The molecule has 1 aromatic heterocycles. The van der Waals surface area contributed by atoms with Gasteiger partial charge in [0.15, 0.2) is 11.5 Å². The third kappa shape index (κ3) is 2.52. The average molecular weight is 335 g/mol. The van der Waals surface area contributed by atoms with E-state index in [1.54, 1.807) is 6.07 Å². The molecule has 1 atom stereocenters. The first-order valence-corrected chi connectivity index (χ1v) is 8.47. The van der Waals surface area contributed by atoms with Gasteiger partial charge in [0.2, 0.25) is 0 Å². The second-order valence-corrected chi connectivity index (χ2v) is 6.32. The van der Waals surface area contributed by atoms with E-state index >= 15 is 0 Å². The summed E-state index contributed by atoms with van der Waals surface area (Å²) in [5.41, 5.74) is 6.51. The molecule has 0 saturated heterocycles. The van der Waals surface area contributed by atoms with Gasteiger partial charge in [-0.2, -0.15) is 5.10 Å². The van der Waals surface area contributed by atoms with Crippen molar-refractivity contribution in [3.63, 3.8) is 0 Å². The van der Waals surface area contributed by atoms with Crippen LogP contribution in [0.3, 0.4) is 0 Å². The molecule has 0 bridgehead atoms. The number of hydrogen-bond donors (Lipinski definition) is 2. The number of aromatic hydroxyl groups is 1. The van der Waals surface area contributed by atoms with Gasteiger partial charge in [0.25, 0.3) is 0 Å². The van der Waals surface area contributed by atoms with Gasteiger partial charge in [-0.05, 0) is 44.5 Å². The Morgan fingerprint density at radius 2 is 2.04 bits per heavy atom. The van der Waals surface area contributed by atoms with Crippen molar-refractivity contribution in [3.8, 4) is 22.8 Å². The third-order valence-electron chi connectivity index (χ3n) is 4.53. The number of aromatic nitrogens is 2. The van der Waals surface area contributed by atoms with Gasteiger partial charge in [0.05, 0.1) is 18.0 Å². The number of phenols is 1. The van der Waals surface area contributed by atoms with Crippen LogP contribution in [0.25, 0.3) is 11.3 Å². The molecule has 0 aliphatic carbocycles. The number of para-hydroxylation sites is 1. The molecule has 0 fully saturated rings. The summed E-state index contributed by atoms with van der Waals surface area (Å²) in [6.07, 6.45) is -0.155. The highest BCUT2D eigenvalue weighted by molar-refractivity contribution is 5.81. The lowest BCUT2D eigenvalue weighted by Crippen LogP contribution is -2.26. The molecule has 128 valence electrons. The maximum absolute atomic E-state index is 10.00. The van der Waals surface area contributed by atoms with Gasteiger partial charge < -0.3 is 15.2 Å². The molecule has 5 heteroatoms. The highest BCUT2D eigenvalue weighted by Gasteiger charge is 2.27. The van der Waals surface area contributed by atoms with Crippen LogP contribution in [0.1, 0.15) is 29.9 Å². The predicted octanol–water partition coefficient (Wildman–Crippen LogP) is 4.24. The molecule has 25 heavy (non-hydrogen) atoms. The van der Waals surface area contributed by atoms with Crippen molar-refractivity contribution in [1.29, 1.82) is 0 Å². The van der Waals surface area contributed by atoms with Gasteiger partial charge in [0, 0.05) is 16.8 Å². The molecular formula is C20H21N3O2. The van der Waals surface area contributed by atoms with Crippen molar-refractivity contribution in [3.05, 3.63) is 59.3 Å². The van der Waals surface area contributed by atoms with Gasteiger partial charge in [-0.3, -0.25) is 0 Å². The molecule has 2 aromatic carbocycles. The van der Waals surface area contributed by atoms with E-state index in [-0.39, 0.29) is 11.9 Å². The van der Waals surface area contributed by atoms with E-state index in [0.29, 0.717) is 12.4 Å². The maximum Gasteiger partial charge on any atom is 0.161 e. The first-order chi connectivity index (χ1) is 12.1. The standard InChI is InChI=1S/C20H21N3O2/c1-4-25-18-11-14(8-9-17(18)24)20-21-19-12(2)6-5-7-15(19)16-10-13(3)22-23(16)20/h5-11,20-21,24H,4H2,1-3H3/t20-/m1/s1. The number of nitrogens with zero attached hydrogens (tertiary/aromatic N) is 2. The van der Waals surface area contributed by atoms with E-state index in [2.05, 4.69) is 41.6 Å². The smallest absolute Gasteiger partial charge is 0.161 e. The fourth-order valence-corrected chi connectivity index (χ4v) is 3.38. The van der Waals surface area contributed by atoms with Crippen LogP contribution >= 0.6 is 0 Å². The Morgan fingerprint density at radius 3 is 2.84 bits per heavy atom. The minimum atomic E-state index is -0.155. The second-order valence-electron chi connectivity index (χ2n) is 6.32. The third-order valence-corrected chi connectivity index (χ3v) is 4.53. The van der Waals surface area contributed by atoms with Gasteiger partial charge in [0.1, 0.15) is 6.17 Å². The highest BCUT2D eigenvalue weighted by atomic mass is 16.5. The number of ether oxygens (including phenoxy) is 1. The largest absolute Gasteiger partial charge is 0.504 e. The van der Waals surface area contributed by atoms with Crippen molar-refractivity contribution < 1.29 is 9.84 Å². The second kappa shape index (κ2) is 5.84. The van der Waals surface area contributed by atoms with Crippen LogP contribution in [0, 0.1) is 13.8 Å². The molecule has 0 saturated carbocycles. The van der Waals surface area contributed by atoms with Crippen LogP contribution in [0.4, 0.5) is 5.69 Å². The Balaban J connectivity index is 1.87. The Bertz CT molecular complexity index is 946. The Hall–Kier alpha value is -2.95. The predicted molar refractivity (Wildman–Crippen MR) is 98.2 cm³/mol. The first-order valence-electron chi connectivity index (χ1n) is 8.47. The first kappa shape index (κ1) is 15.6. The number of phenolic OH excluding ortho intramolecular Hbond substituents is 1. The zero-order chi connectivity index (χ0) is 17.6. The van der Waals surface area contributed by atoms with E-state index in [4.69, 9.17) is 4.74 Å². The van der Waals surface area contributed by atoms with Crippen LogP contribution in [-0.2, 0) is 0 Å². The number of benzene rings is 2. The van der Waals surface area contributed by atoms with Crippen LogP contribution in [0.15, 0.2) is 42.5 Å². The molecule has 5 nitrogen and oxygen atoms in total. The zero-order valence-electron chi connectivity index (χ0n) is 14.6. The molecule has 0 radical (unpaired) electrons. The summed E-state index contributed by atoms with van der Waals surface area (Å²) in [5.74, 6) is 0.637. The SMILES string of the molecule is CCOc1cc([C@@H]2Nc3c(C)cccc3-c3cc(C)nn32)ccc1O. The molecule has 3 aromatic rings. The number of anilines is 1. The summed E-state index contributed by atoms with van der Waals surface area (Å²) in [4.78, 5) is 0. The van der Waals surface area contributed by atoms with Crippen LogP contribution < -0.4 is 10.1 Å². The quantitative estimate of drug-likeness (QED) is 0.751. The summed E-state index contributed by atoms with van der Waals surface area (Å²) < 4.78 is 7.55. The normalized spacial score (nSPS) is 15.2. The van der Waals surface area contributed by atoms with Crippen LogP contribution in [0.5, 0.6) is 11.5 Å². The lowest BCUT2D eigenvalue weighted by molar-refractivity contribution is 0.317. The fraction of sp³-hybridized carbons (Fsp3) is 0.250. The summed E-state index contributed by atoms with van der Waals surface area (Å²) in [7, 11) is 0. The average Bonchev–Trinajstić information content (AvgIpc) is 2.99. The van der Waals surface area contributed by atoms with Gasteiger partial charge in [-0.15, -0.1) is 0 Å². The Kier molecular flexibility index (Phi) is 3.64. The lowest BCUT2D eigenvalue weighted by atomic mass is 10.0. The number of fused-ring (bicyclic) bond motifs is 3. The minimum Gasteiger partial charge on any atom is -0.504 e. The Labute approximate surface area is 146 Å². The minimum absolute atomic E-state index is 0.148. The molecule has 2 heterocycles. The summed E-state index contributed by atoms with van der Waals surface area (Å²) in [6.45, 7) is 6.51. The van der Waals surface area contributed by atoms with Crippen molar-refractivity contribution in [1.82, 2.24) is 9.78 Å². The van der Waals surface area contributed by atoms with E-state index < -0.39 is 0 Å². The maximum atomic E-state index is 10.00. The van der Waals surface area contributed by atoms with Crippen LogP contribution in [0.2, 0.25) is 0 Å². The molecular weight excluding hydrogens is 314 g/mol. The lowest BCUT2D eigenvalue weighted by Gasteiger charge is -2.30. The number of nitrogens with one attached hydrogen (secondary N) is 1. The highest BCUT2D eigenvalue weighted by Crippen LogP contribution is 2.41.